The van der Waals surface area contributed by atoms with Crippen LogP contribution in [0.5, 0.6) is 0 Å². The Balaban J connectivity index is 1.70. The lowest BCUT2D eigenvalue weighted by Crippen LogP contribution is -2.47. The third-order valence-electron chi connectivity index (χ3n) is 4.75. The molecule has 1 aromatic heterocycles. The fraction of sp³-hybridized carbons (Fsp3) is 0.688. The zero-order valence-electron chi connectivity index (χ0n) is 14.7. The van der Waals surface area contributed by atoms with Crippen LogP contribution in [0.2, 0.25) is 0 Å². The van der Waals surface area contributed by atoms with Crippen molar-refractivity contribution in [2.45, 2.75) is 26.3 Å². The van der Waals surface area contributed by atoms with Crippen molar-refractivity contribution in [2.75, 3.05) is 49.1 Å². The van der Waals surface area contributed by atoms with Gasteiger partial charge in [0.25, 0.3) is 5.91 Å². The maximum Gasteiger partial charge on any atom is 0.270 e. The fourth-order valence-corrected chi connectivity index (χ4v) is 4.92. The second-order valence-corrected chi connectivity index (χ2v) is 8.92. The molecule has 25 heavy (non-hydrogen) atoms. The number of sulfone groups is 1. The molecule has 0 aliphatic carbocycles. The van der Waals surface area contributed by atoms with Gasteiger partial charge in [-0.2, -0.15) is 0 Å². The van der Waals surface area contributed by atoms with Crippen molar-refractivity contribution in [1.82, 2.24) is 20.2 Å². The highest BCUT2D eigenvalue weighted by molar-refractivity contribution is 7.91. The van der Waals surface area contributed by atoms with Gasteiger partial charge in [-0.15, -0.1) is 0 Å². The predicted octanol–water partition coefficient (Wildman–Crippen LogP) is -0.156. The Kier molecular flexibility index (Phi) is 5.24. The summed E-state index contributed by atoms with van der Waals surface area (Å²) in [6.45, 7) is 8.58. The third kappa shape index (κ3) is 4.46. The average molecular weight is 367 g/mol. The van der Waals surface area contributed by atoms with Crippen molar-refractivity contribution in [1.29, 1.82) is 0 Å². The Bertz CT molecular complexity index is 744. The number of nitrogens with zero attached hydrogens (tertiary/aromatic N) is 4. The maximum absolute atomic E-state index is 12.5. The Morgan fingerprint density at radius 2 is 2.00 bits per heavy atom. The number of aromatic nitrogens is 2. The quantitative estimate of drug-likeness (QED) is 0.790. The summed E-state index contributed by atoms with van der Waals surface area (Å²) in [5, 5.41) is 2.79. The molecular formula is C16H25N5O3S. The molecule has 8 nitrogen and oxygen atoms in total. The zero-order chi connectivity index (χ0) is 18.0. The van der Waals surface area contributed by atoms with Crippen molar-refractivity contribution in [3.05, 3.63) is 17.5 Å². The molecule has 1 atom stereocenters. The second-order valence-electron chi connectivity index (χ2n) is 6.69. The molecule has 2 saturated heterocycles. The molecule has 1 unspecified atom stereocenters. The van der Waals surface area contributed by atoms with Crippen molar-refractivity contribution < 1.29 is 13.2 Å². The van der Waals surface area contributed by atoms with E-state index in [0.717, 1.165) is 38.4 Å². The number of amides is 1. The van der Waals surface area contributed by atoms with E-state index in [1.54, 1.807) is 6.07 Å². The van der Waals surface area contributed by atoms with Crippen LogP contribution >= 0.6 is 0 Å². The van der Waals surface area contributed by atoms with E-state index in [0.29, 0.717) is 18.1 Å². The third-order valence-corrected chi connectivity index (χ3v) is 6.51. The molecular weight excluding hydrogens is 342 g/mol. The number of likely N-dealkylation sites (N-methyl/N-ethyl adjacent to an activating group) is 1. The highest BCUT2D eigenvalue weighted by atomic mass is 32.2. The standard InChI is InChI=1S/C16H25N5O3S/c1-3-20-5-7-21(8-6-20)16-17-12(2)10-14(19-16)15(22)18-13-4-9-25(23,24)11-13/h10,13H,3-9,11H2,1-2H3,(H,18,22). The molecule has 0 spiro atoms. The first kappa shape index (κ1) is 18.1. The Morgan fingerprint density at radius 3 is 2.60 bits per heavy atom. The SMILES string of the molecule is CCN1CCN(c2nc(C)cc(C(=O)NC3CCS(=O)(=O)C3)n2)CC1. The Labute approximate surface area is 148 Å². The summed E-state index contributed by atoms with van der Waals surface area (Å²) in [7, 11) is -3.02. The number of carbonyl (C=O) groups excluding carboxylic acids is 1. The number of carbonyl (C=O) groups is 1. The van der Waals surface area contributed by atoms with E-state index < -0.39 is 9.84 Å². The predicted molar refractivity (Wildman–Crippen MR) is 95.6 cm³/mol. The van der Waals surface area contributed by atoms with Gasteiger partial charge in [0.05, 0.1) is 11.5 Å². The monoisotopic (exact) mass is 367 g/mol. The van der Waals surface area contributed by atoms with Gasteiger partial charge in [-0.1, -0.05) is 6.92 Å². The van der Waals surface area contributed by atoms with Crippen molar-refractivity contribution in [2.24, 2.45) is 0 Å². The summed E-state index contributed by atoms with van der Waals surface area (Å²) in [5.74, 6) is 0.378. The minimum absolute atomic E-state index is 0.00857. The normalized spacial score (nSPS) is 23.6. The highest BCUT2D eigenvalue weighted by Gasteiger charge is 2.29. The van der Waals surface area contributed by atoms with Crippen molar-refractivity contribution >= 4 is 21.7 Å². The lowest BCUT2D eigenvalue weighted by molar-refractivity contribution is 0.0936. The van der Waals surface area contributed by atoms with Gasteiger partial charge in [-0.05, 0) is 26.0 Å². The number of anilines is 1. The topological polar surface area (TPSA) is 95.5 Å². The Morgan fingerprint density at radius 1 is 1.28 bits per heavy atom. The van der Waals surface area contributed by atoms with Crippen LogP contribution in [0, 0.1) is 6.92 Å². The van der Waals surface area contributed by atoms with Crippen molar-refractivity contribution in [3.8, 4) is 0 Å². The van der Waals surface area contributed by atoms with Gasteiger partial charge in [0, 0.05) is 37.9 Å². The highest BCUT2D eigenvalue weighted by Crippen LogP contribution is 2.15. The molecule has 1 amide bonds. The van der Waals surface area contributed by atoms with E-state index in [1.165, 1.54) is 0 Å². The number of hydrogen-bond acceptors (Lipinski definition) is 7. The largest absolute Gasteiger partial charge is 0.347 e. The van der Waals surface area contributed by atoms with E-state index in [2.05, 4.69) is 32.0 Å². The molecule has 3 rings (SSSR count). The van der Waals surface area contributed by atoms with Crippen LogP contribution in [0.3, 0.4) is 0 Å². The van der Waals surface area contributed by atoms with Gasteiger partial charge in [-0.25, -0.2) is 18.4 Å². The van der Waals surface area contributed by atoms with Gasteiger partial charge in [0.2, 0.25) is 5.95 Å². The van der Waals surface area contributed by atoms with Crippen LogP contribution in [0.25, 0.3) is 0 Å². The van der Waals surface area contributed by atoms with Gasteiger partial charge in [-0.3, -0.25) is 4.79 Å². The number of piperazine rings is 1. The number of rotatable bonds is 4. The van der Waals surface area contributed by atoms with Crippen molar-refractivity contribution in [3.63, 3.8) is 0 Å². The zero-order valence-corrected chi connectivity index (χ0v) is 15.5. The second kappa shape index (κ2) is 7.25. The summed E-state index contributed by atoms with van der Waals surface area (Å²) >= 11 is 0. The van der Waals surface area contributed by atoms with Gasteiger partial charge in [0.15, 0.2) is 9.84 Å². The molecule has 2 fully saturated rings. The maximum atomic E-state index is 12.5. The molecule has 1 N–H and O–H groups in total. The molecule has 0 radical (unpaired) electrons. The molecule has 2 aliphatic heterocycles. The molecule has 9 heteroatoms. The molecule has 3 heterocycles. The van der Waals surface area contributed by atoms with Crippen LogP contribution in [0.1, 0.15) is 29.5 Å². The van der Waals surface area contributed by atoms with Crippen LogP contribution in [0.15, 0.2) is 6.07 Å². The first-order valence-electron chi connectivity index (χ1n) is 8.70. The lowest BCUT2D eigenvalue weighted by atomic mass is 10.2. The minimum atomic E-state index is -3.02. The van der Waals surface area contributed by atoms with Gasteiger partial charge < -0.3 is 15.1 Å². The van der Waals surface area contributed by atoms with Crippen LogP contribution < -0.4 is 10.2 Å². The minimum Gasteiger partial charge on any atom is -0.347 e. The number of aryl methyl sites for hydroxylation is 1. The van der Waals surface area contributed by atoms with Crippen LogP contribution in [-0.4, -0.2) is 79.5 Å². The average Bonchev–Trinajstić information content (AvgIpc) is 2.93. The summed E-state index contributed by atoms with van der Waals surface area (Å²) in [5.41, 5.74) is 1.02. The first-order chi connectivity index (χ1) is 11.9. The molecule has 0 saturated carbocycles. The van der Waals surface area contributed by atoms with Gasteiger partial charge >= 0.3 is 0 Å². The number of hydrogen-bond donors (Lipinski definition) is 1. The first-order valence-corrected chi connectivity index (χ1v) is 10.5. The van der Waals surface area contributed by atoms with E-state index in [9.17, 15) is 13.2 Å². The molecule has 138 valence electrons. The summed E-state index contributed by atoms with van der Waals surface area (Å²) < 4.78 is 23.1. The smallest absolute Gasteiger partial charge is 0.270 e. The molecule has 2 aliphatic rings. The summed E-state index contributed by atoms with van der Waals surface area (Å²) in [4.78, 5) is 25.8. The Hall–Kier alpha value is -1.74. The van der Waals surface area contributed by atoms with E-state index in [4.69, 9.17) is 0 Å². The van der Waals surface area contributed by atoms with Crippen LogP contribution in [-0.2, 0) is 9.84 Å². The van der Waals surface area contributed by atoms with Gasteiger partial charge in [0.1, 0.15) is 5.69 Å². The molecule has 0 aromatic carbocycles. The molecule has 0 bridgehead atoms. The fourth-order valence-electron chi connectivity index (χ4n) is 3.24. The van der Waals surface area contributed by atoms with E-state index >= 15 is 0 Å². The lowest BCUT2D eigenvalue weighted by Gasteiger charge is -2.34. The summed E-state index contributed by atoms with van der Waals surface area (Å²) in [6.07, 6.45) is 0.462. The summed E-state index contributed by atoms with van der Waals surface area (Å²) in [6, 6.07) is 1.31. The van der Waals surface area contributed by atoms with E-state index in [1.807, 2.05) is 6.92 Å². The number of nitrogens with one attached hydrogen (secondary N) is 1. The van der Waals surface area contributed by atoms with E-state index in [-0.39, 0.29) is 23.5 Å². The molecule has 1 aromatic rings. The van der Waals surface area contributed by atoms with Crippen LogP contribution in [0.4, 0.5) is 5.95 Å².